The minimum atomic E-state index is -0.178. The number of aromatic nitrogens is 2. The average molecular weight is 408 g/mol. The monoisotopic (exact) mass is 407 g/mol. The van der Waals surface area contributed by atoms with Gasteiger partial charge in [0.1, 0.15) is 11.6 Å². The Morgan fingerprint density at radius 1 is 1.50 bits per heavy atom. The van der Waals surface area contributed by atoms with Crippen molar-refractivity contribution in [2.45, 2.75) is 18.9 Å². The summed E-state index contributed by atoms with van der Waals surface area (Å²) in [5.74, 6) is 1.32. The van der Waals surface area contributed by atoms with E-state index in [4.69, 9.17) is 11.6 Å². The molecule has 1 aromatic carbocycles. The van der Waals surface area contributed by atoms with Crippen LogP contribution < -0.4 is 0 Å². The molecule has 1 saturated heterocycles. The van der Waals surface area contributed by atoms with Crippen LogP contribution in [0.3, 0.4) is 0 Å². The first-order chi connectivity index (χ1) is 9.60. The Kier molecular flexibility index (Phi) is 4.19. The molecule has 3 nitrogen and oxygen atoms in total. The molecule has 2 aromatic rings. The lowest BCUT2D eigenvalue weighted by atomic mass is 10.2. The summed E-state index contributed by atoms with van der Waals surface area (Å²) in [5.41, 5.74) is 1.76. The molecule has 0 spiro atoms. The third-order valence-corrected chi connectivity index (χ3v) is 4.87. The van der Waals surface area contributed by atoms with Gasteiger partial charge in [0.2, 0.25) is 0 Å². The van der Waals surface area contributed by atoms with Crippen LogP contribution in [0.4, 0.5) is 4.39 Å². The van der Waals surface area contributed by atoms with E-state index in [1.807, 2.05) is 28.7 Å². The molecule has 20 heavy (non-hydrogen) atoms. The van der Waals surface area contributed by atoms with Gasteiger partial charge in [-0.2, -0.15) is 0 Å². The van der Waals surface area contributed by atoms with Gasteiger partial charge in [0.25, 0.3) is 0 Å². The average Bonchev–Trinajstić information content (AvgIpc) is 2.94. The van der Waals surface area contributed by atoms with Crippen molar-refractivity contribution in [2.75, 3.05) is 26.0 Å². The standard InChI is InChI=1S/C14H16ClFIN3/c1-19-5-3-9(8-19)20-13-6-10(16)11(17)7-12(13)18-14(20)2-4-15/h6-7,9H,2-5,8H2,1H3. The van der Waals surface area contributed by atoms with Gasteiger partial charge >= 0.3 is 0 Å². The van der Waals surface area contributed by atoms with Crippen LogP contribution in [-0.4, -0.2) is 40.5 Å². The molecule has 1 aromatic heterocycles. The molecule has 0 amide bonds. The Labute approximate surface area is 136 Å². The highest BCUT2D eigenvalue weighted by atomic mass is 127. The molecular weight excluding hydrogens is 392 g/mol. The van der Waals surface area contributed by atoms with Crippen LogP contribution in [-0.2, 0) is 6.42 Å². The van der Waals surface area contributed by atoms with Gasteiger partial charge in [-0.15, -0.1) is 11.6 Å². The normalized spacial score (nSPS) is 20.1. The van der Waals surface area contributed by atoms with Crippen molar-refractivity contribution >= 4 is 45.2 Å². The summed E-state index contributed by atoms with van der Waals surface area (Å²) in [5, 5.41) is 0. The molecule has 1 unspecified atom stereocenters. The zero-order valence-corrected chi connectivity index (χ0v) is 14.2. The number of rotatable bonds is 3. The molecule has 108 valence electrons. The SMILES string of the molecule is CN1CCC(n2c(CCCl)nc3cc(I)c(F)cc32)C1. The second-order valence-electron chi connectivity index (χ2n) is 5.30. The highest BCUT2D eigenvalue weighted by Crippen LogP contribution is 2.29. The predicted molar refractivity (Wildman–Crippen MR) is 88.0 cm³/mol. The molecule has 0 N–H and O–H groups in total. The van der Waals surface area contributed by atoms with E-state index in [0.717, 1.165) is 36.4 Å². The quantitative estimate of drug-likeness (QED) is 0.574. The van der Waals surface area contributed by atoms with E-state index in [1.54, 1.807) is 6.07 Å². The van der Waals surface area contributed by atoms with Crippen LogP contribution in [0.1, 0.15) is 18.3 Å². The lowest BCUT2D eigenvalue weighted by Gasteiger charge is -2.16. The molecular formula is C14H16ClFIN3. The fourth-order valence-electron chi connectivity index (χ4n) is 2.93. The number of imidazole rings is 1. The molecule has 6 heteroatoms. The first-order valence-electron chi connectivity index (χ1n) is 6.70. The van der Waals surface area contributed by atoms with Crippen molar-refractivity contribution in [3.8, 4) is 0 Å². The first-order valence-corrected chi connectivity index (χ1v) is 8.32. The van der Waals surface area contributed by atoms with Gasteiger partial charge in [-0.3, -0.25) is 0 Å². The van der Waals surface area contributed by atoms with E-state index in [9.17, 15) is 4.39 Å². The maximum Gasteiger partial charge on any atom is 0.138 e. The molecule has 2 heterocycles. The predicted octanol–water partition coefficient (Wildman–Crippen LogP) is 3.44. The maximum atomic E-state index is 13.9. The molecule has 3 rings (SSSR count). The van der Waals surface area contributed by atoms with E-state index in [1.165, 1.54) is 0 Å². The molecule has 1 aliphatic heterocycles. The Hall–Kier alpha value is -0.400. The van der Waals surface area contributed by atoms with Gasteiger partial charge < -0.3 is 9.47 Å². The third-order valence-electron chi connectivity index (χ3n) is 3.85. The number of benzene rings is 1. The van der Waals surface area contributed by atoms with E-state index < -0.39 is 0 Å². The number of alkyl halides is 1. The lowest BCUT2D eigenvalue weighted by molar-refractivity contribution is 0.392. The van der Waals surface area contributed by atoms with Crippen LogP contribution in [0.25, 0.3) is 11.0 Å². The largest absolute Gasteiger partial charge is 0.323 e. The number of nitrogens with zero attached hydrogens (tertiary/aromatic N) is 3. The number of hydrogen-bond donors (Lipinski definition) is 0. The minimum Gasteiger partial charge on any atom is -0.323 e. The molecule has 0 aliphatic carbocycles. The van der Waals surface area contributed by atoms with Crippen LogP contribution >= 0.6 is 34.2 Å². The molecule has 1 atom stereocenters. The smallest absolute Gasteiger partial charge is 0.138 e. The van der Waals surface area contributed by atoms with Crippen molar-refractivity contribution in [3.63, 3.8) is 0 Å². The topological polar surface area (TPSA) is 21.1 Å². The van der Waals surface area contributed by atoms with Crippen molar-refractivity contribution in [3.05, 3.63) is 27.3 Å². The van der Waals surface area contributed by atoms with Crippen molar-refractivity contribution in [1.29, 1.82) is 0 Å². The van der Waals surface area contributed by atoms with Gasteiger partial charge in [-0.1, -0.05) is 0 Å². The highest BCUT2D eigenvalue weighted by molar-refractivity contribution is 14.1. The van der Waals surface area contributed by atoms with Crippen molar-refractivity contribution in [2.24, 2.45) is 0 Å². The van der Waals surface area contributed by atoms with Gasteiger partial charge in [0, 0.05) is 31.0 Å². The Balaban J connectivity index is 2.15. The van der Waals surface area contributed by atoms with Crippen LogP contribution in [0, 0.1) is 9.39 Å². The number of halogens is 3. The summed E-state index contributed by atoms with van der Waals surface area (Å²) >= 11 is 7.90. The second kappa shape index (κ2) is 5.77. The lowest BCUT2D eigenvalue weighted by Crippen LogP contribution is -2.18. The van der Waals surface area contributed by atoms with Gasteiger partial charge in [-0.25, -0.2) is 9.37 Å². The number of likely N-dealkylation sites (tertiary alicyclic amines) is 1. The van der Waals surface area contributed by atoms with Crippen LogP contribution in [0.2, 0.25) is 0 Å². The summed E-state index contributed by atoms with van der Waals surface area (Å²) in [6, 6.07) is 3.79. The molecule has 1 fully saturated rings. The van der Waals surface area contributed by atoms with Gasteiger partial charge in [0.15, 0.2) is 0 Å². The van der Waals surface area contributed by atoms with Crippen molar-refractivity contribution in [1.82, 2.24) is 14.5 Å². The van der Waals surface area contributed by atoms with Crippen LogP contribution in [0.5, 0.6) is 0 Å². The third kappa shape index (κ3) is 2.55. The fraction of sp³-hybridized carbons (Fsp3) is 0.500. The first kappa shape index (κ1) is 14.5. The summed E-state index contributed by atoms with van der Waals surface area (Å²) in [6.45, 7) is 2.05. The second-order valence-corrected chi connectivity index (χ2v) is 6.84. The fourth-order valence-corrected chi connectivity index (χ4v) is 3.55. The van der Waals surface area contributed by atoms with E-state index in [0.29, 0.717) is 21.9 Å². The van der Waals surface area contributed by atoms with Gasteiger partial charge in [0.05, 0.1) is 14.6 Å². The van der Waals surface area contributed by atoms with Crippen molar-refractivity contribution < 1.29 is 4.39 Å². The molecule has 0 saturated carbocycles. The Bertz CT molecular complexity index is 643. The zero-order chi connectivity index (χ0) is 14.3. The Morgan fingerprint density at radius 2 is 2.30 bits per heavy atom. The van der Waals surface area contributed by atoms with Gasteiger partial charge in [-0.05, 0) is 48.7 Å². The summed E-state index contributed by atoms with van der Waals surface area (Å²) in [4.78, 5) is 6.96. The number of hydrogen-bond acceptors (Lipinski definition) is 2. The minimum absolute atomic E-state index is 0.178. The Morgan fingerprint density at radius 3 is 2.95 bits per heavy atom. The summed E-state index contributed by atoms with van der Waals surface area (Å²) < 4.78 is 16.7. The number of aryl methyl sites for hydroxylation is 1. The van der Waals surface area contributed by atoms with E-state index >= 15 is 0 Å². The summed E-state index contributed by atoms with van der Waals surface area (Å²) in [6.07, 6.45) is 1.79. The zero-order valence-electron chi connectivity index (χ0n) is 11.2. The highest BCUT2D eigenvalue weighted by Gasteiger charge is 2.25. The molecule has 0 radical (unpaired) electrons. The molecule has 0 bridgehead atoms. The van der Waals surface area contributed by atoms with Crippen LogP contribution in [0.15, 0.2) is 12.1 Å². The maximum absolute atomic E-state index is 13.9. The van der Waals surface area contributed by atoms with E-state index in [-0.39, 0.29) is 5.82 Å². The number of likely N-dealkylation sites (N-methyl/N-ethyl adjacent to an activating group) is 1. The summed E-state index contributed by atoms with van der Waals surface area (Å²) in [7, 11) is 2.11. The van der Waals surface area contributed by atoms with E-state index in [2.05, 4.69) is 21.5 Å². The number of fused-ring (bicyclic) bond motifs is 1. The molecule has 1 aliphatic rings.